The van der Waals surface area contributed by atoms with Crippen molar-refractivity contribution in [3.63, 3.8) is 0 Å². The van der Waals surface area contributed by atoms with Crippen molar-refractivity contribution in [1.82, 2.24) is 19.7 Å². The predicted octanol–water partition coefficient (Wildman–Crippen LogP) is 4.58. The molecule has 3 heterocycles. The van der Waals surface area contributed by atoms with Crippen molar-refractivity contribution in [3.05, 3.63) is 70.2 Å². The second kappa shape index (κ2) is 8.41. The highest BCUT2D eigenvalue weighted by molar-refractivity contribution is 6.31. The standard InChI is InChI=1S/C22H25ClN4O2/c1-3-7-16-13-20(26(2)25-16)22(28)27-11-6-10-19(27)21-24-14-17(29-21)12-15-8-4-5-9-18(15)23/h4-5,8-9,13-14,19H,3,6-7,10-12H2,1-2H3/t19-/m1/s1. The number of aromatic nitrogens is 3. The molecular formula is C22H25ClN4O2. The second-order valence-corrected chi connectivity index (χ2v) is 7.89. The van der Waals surface area contributed by atoms with E-state index in [1.54, 1.807) is 10.9 Å². The zero-order chi connectivity index (χ0) is 20.4. The van der Waals surface area contributed by atoms with Crippen molar-refractivity contribution in [2.24, 2.45) is 7.05 Å². The number of carbonyl (C=O) groups is 1. The van der Waals surface area contributed by atoms with Gasteiger partial charge in [-0.3, -0.25) is 9.48 Å². The van der Waals surface area contributed by atoms with Crippen molar-refractivity contribution in [2.75, 3.05) is 6.54 Å². The molecule has 4 rings (SSSR count). The third-order valence-corrected chi connectivity index (χ3v) is 5.72. The Labute approximate surface area is 175 Å². The summed E-state index contributed by atoms with van der Waals surface area (Å²) in [5.41, 5.74) is 2.56. The van der Waals surface area contributed by atoms with Gasteiger partial charge in [0.05, 0.1) is 11.9 Å². The molecule has 1 amide bonds. The topological polar surface area (TPSA) is 64.2 Å². The number of rotatable bonds is 6. The average Bonchev–Trinajstić information content (AvgIpc) is 3.43. The summed E-state index contributed by atoms with van der Waals surface area (Å²) < 4.78 is 7.71. The molecular weight excluding hydrogens is 388 g/mol. The van der Waals surface area contributed by atoms with Gasteiger partial charge in [-0.25, -0.2) is 4.98 Å². The first-order chi connectivity index (χ1) is 14.1. The van der Waals surface area contributed by atoms with E-state index in [1.807, 2.05) is 42.3 Å². The largest absolute Gasteiger partial charge is 0.443 e. The molecule has 2 aromatic heterocycles. The van der Waals surface area contributed by atoms with Crippen LogP contribution in [0.5, 0.6) is 0 Å². The number of hydrogen-bond acceptors (Lipinski definition) is 4. The fourth-order valence-corrected chi connectivity index (χ4v) is 4.11. The minimum Gasteiger partial charge on any atom is -0.443 e. The summed E-state index contributed by atoms with van der Waals surface area (Å²) in [7, 11) is 1.82. The van der Waals surface area contributed by atoms with Crippen molar-refractivity contribution in [3.8, 4) is 0 Å². The van der Waals surface area contributed by atoms with E-state index in [2.05, 4.69) is 17.0 Å². The molecule has 0 saturated carbocycles. The highest BCUT2D eigenvalue weighted by Gasteiger charge is 2.35. The predicted molar refractivity (Wildman–Crippen MR) is 111 cm³/mol. The number of carbonyl (C=O) groups excluding carboxylic acids is 1. The molecule has 1 saturated heterocycles. The molecule has 6 nitrogen and oxygen atoms in total. The lowest BCUT2D eigenvalue weighted by atomic mass is 10.1. The molecule has 0 unspecified atom stereocenters. The molecule has 0 spiro atoms. The smallest absolute Gasteiger partial charge is 0.272 e. The molecule has 0 N–H and O–H groups in total. The Bertz CT molecular complexity index is 1010. The lowest BCUT2D eigenvalue weighted by Gasteiger charge is -2.22. The van der Waals surface area contributed by atoms with Crippen molar-refractivity contribution in [2.45, 2.75) is 45.1 Å². The normalized spacial score (nSPS) is 16.5. The molecule has 7 heteroatoms. The van der Waals surface area contributed by atoms with Crippen LogP contribution in [0.3, 0.4) is 0 Å². The first-order valence-electron chi connectivity index (χ1n) is 10.1. The van der Waals surface area contributed by atoms with Gasteiger partial charge in [-0.1, -0.05) is 43.1 Å². The molecule has 1 aromatic carbocycles. The molecule has 1 aliphatic heterocycles. The molecule has 0 radical (unpaired) electrons. The fraction of sp³-hybridized carbons (Fsp3) is 0.409. The molecule has 0 aliphatic carbocycles. The van der Waals surface area contributed by atoms with E-state index in [0.29, 0.717) is 29.6 Å². The van der Waals surface area contributed by atoms with Crippen LogP contribution in [0.25, 0.3) is 0 Å². The lowest BCUT2D eigenvalue weighted by Crippen LogP contribution is -2.32. The summed E-state index contributed by atoms with van der Waals surface area (Å²) >= 11 is 6.26. The number of aryl methyl sites for hydroxylation is 2. The highest BCUT2D eigenvalue weighted by Crippen LogP contribution is 2.33. The summed E-state index contributed by atoms with van der Waals surface area (Å²) in [5, 5.41) is 5.18. The van der Waals surface area contributed by atoms with Gasteiger partial charge in [0.25, 0.3) is 5.91 Å². The van der Waals surface area contributed by atoms with Crippen LogP contribution in [-0.4, -0.2) is 32.1 Å². The van der Waals surface area contributed by atoms with E-state index >= 15 is 0 Å². The molecule has 1 aliphatic rings. The Morgan fingerprint density at radius 2 is 2.17 bits per heavy atom. The van der Waals surface area contributed by atoms with E-state index in [-0.39, 0.29) is 11.9 Å². The van der Waals surface area contributed by atoms with Gasteiger partial charge >= 0.3 is 0 Å². The number of benzene rings is 1. The van der Waals surface area contributed by atoms with Crippen LogP contribution in [0.1, 0.15) is 65.6 Å². The van der Waals surface area contributed by atoms with Gasteiger partial charge in [0, 0.05) is 25.0 Å². The van der Waals surface area contributed by atoms with Crippen LogP contribution < -0.4 is 0 Å². The van der Waals surface area contributed by atoms with Crippen molar-refractivity contribution >= 4 is 17.5 Å². The van der Waals surface area contributed by atoms with Gasteiger partial charge in [-0.2, -0.15) is 5.10 Å². The van der Waals surface area contributed by atoms with Crippen LogP contribution in [0.2, 0.25) is 5.02 Å². The third-order valence-electron chi connectivity index (χ3n) is 5.35. The van der Waals surface area contributed by atoms with E-state index in [0.717, 1.165) is 42.7 Å². The number of oxazole rings is 1. The summed E-state index contributed by atoms with van der Waals surface area (Å²) in [4.78, 5) is 19.5. The SMILES string of the molecule is CCCc1cc(C(=O)N2CCC[C@@H]2c2ncc(Cc3ccccc3Cl)o2)n(C)n1. The van der Waals surface area contributed by atoms with E-state index in [9.17, 15) is 4.79 Å². The van der Waals surface area contributed by atoms with Gasteiger partial charge in [0.15, 0.2) is 0 Å². The average molecular weight is 413 g/mol. The van der Waals surface area contributed by atoms with Crippen LogP contribution in [-0.2, 0) is 19.9 Å². The second-order valence-electron chi connectivity index (χ2n) is 7.48. The maximum atomic E-state index is 13.2. The summed E-state index contributed by atoms with van der Waals surface area (Å²) in [5.74, 6) is 1.32. The number of likely N-dealkylation sites (tertiary alicyclic amines) is 1. The number of nitrogens with zero attached hydrogens (tertiary/aromatic N) is 4. The fourth-order valence-electron chi connectivity index (χ4n) is 3.91. The Balaban J connectivity index is 1.52. The van der Waals surface area contributed by atoms with Crippen LogP contribution in [0.4, 0.5) is 0 Å². The monoisotopic (exact) mass is 412 g/mol. The van der Waals surface area contributed by atoms with Gasteiger partial charge < -0.3 is 9.32 Å². The molecule has 152 valence electrons. The lowest BCUT2D eigenvalue weighted by molar-refractivity contribution is 0.0703. The Morgan fingerprint density at radius 1 is 1.34 bits per heavy atom. The molecule has 3 aromatic rings. The minimum absolute atomic E-state index is 0.0179. The van der Waals surface area contributed by atoms with E-state index < -0.39 is 0 Å². The van der Waals surface area contributed by atoms with Gasteiger partial charge in [0.1, 0.15) is 17.5 Å². The highest BCUT2D eigenvalue weighted by atomic mass is 35.5. The van der Waals surface area contributed by atoms with Crippen molar-refractivity contribution in [1.29, 1.82) is 0 Å². The van der Waals surface area contributed by atoms with Crippen LogP contribution in [0.15, 0.2) is 40.9 Å². The van der Waals surface area contributed by atoms with Crippen LogP contribution >= 0.6 is 11.6 Å². The maximum absolute atomic E-state index is 13.2. The first-order valence-corrected chi connectivity index (χ1v) is 10.5. The van der Waals surface area contributed by atoms with E-state index in [1.165, 1.54) is 0 Å². The number of halogens is 1. The zero-order valence-electron chi connectivity index (χ0n) is 16.8. The van der Waals surface area contributed by atoms with Crippen molar-refractivity contribution < 1.29 is 9.21 Å². The molecule has 0 bridgehead atoms. The molecule has 1 atom stereocenters. The van der Waals surface area contributed by atoms with E-state index in [4.69, 9.17) is 16.0 Å². The van der Waals surface area contributed by atoms with Gasteiger partial charge in [0.2, 0.25) is 5.89 Å². The zero-order valence-corrected chi connectivity index (χ0v) is 17.5. The summed E-state index contributed by atoms with van der Waals surface area (Å²) in [6.45, 7) is 2.80. The molecule has 1 fully saturated rings. The van der Waals surface area contributed by atoms with Crippen LogP contribution in [0, 0.1) is 0 Å². The number of amides is 1. The Kier molecular flexibility index (Phi) is 5.72. The summed E-state index contributed by atoms with van der Waals surface area (Å²) in [6, 6.07) is 9.46. The Hall–Kier alpha value is -2.60. The third kappa shape index (κ3) is 4.08. The quantitative estimate of drug-likeness (QED) is 0.594. The van der Waals surface area contributed by atoms with Gasteiger partial charge in [-0.15, -0.1) is 0 Å². The Morgan fingerprint density at radius 3 is 2.97 bits per heavy atom. The number of hydrogen-bond donors (Lipinski definition) is 0. The summed E-state index contributed by atoms with van der Waals surface area (Å²) in [6.07, 6.45) is 5.96. The maximum Gasteiger partial charge on any atom is 0.272 e. The molecule has 29 heavy (non-hydrogen) atoms. The minimum atomic E-state index is -0.146. The first kappa shape index (κ1) is 19.7. The van der Waals surface area contributed by atoms with Gasteiger partial charge in [-0.05, 0) is 37.0 Å².